The fourth-order valence-electron chi connectivity index (χ4n) is 0.862. The molecule has 0 spiro atoms. The van der Waals surface area contributed by atoms with E-state index in [1.54, 1.807) is 0 Å². The van der Waals surface area contributed by atoms with E-state index >= 15 is 0 Å². The van der Waals surface area contributed by atoms with Crippen molar-refractivity contribution in [2.24, 2.45) is 0 Å². The number of ether oxygens (including phenoxy) is 1. The Morgan fingerprint density at radius 3 is 3.00 bits per heavy atom. The van der Waals surface area contributed by atoms with Crippen LogP contribution in [-0.4, -0.2) is 26.2 Å². The van der Waals surface area contributed by atoms with Crippen LogP contribution in [0.4, 0.5) is 0 Å². The topological polar surface area (TPSA) is 46.5 Å². The summed E-state index contributed by atoms with van der Waals surface area (Å²) in [6.07, 6.45) is 0.376. The molecule has 1 aliphatic heterocycles. The molecule has 1 saturated heterocycles. The van der Waals surface area contributed by atoms with E-state index in [1.807, 2.05) is 0 Å². The van der Waals surface area contributed by atoms with E-state index in [2.05, 4.69) is 4.93 Å². The minimum atomic E-state index is -0.453. The number of aliphatic hydroxyl groups excluding tert-OH is 1. The van der Waals surface area contributed by atoms with Crippen molar-refractivity contribution in [1.82, 2.24) is 0 Å². The number of rotatable bonds is 1. The second-order valence-electron chi connectivity index (χ2n) is 2.21. The predicted octanol–water partition coefficient (Wildman–Crippen LogP) is -3.27. The van der Waals surface area contributed by atoms with Gasteiger partial charge in [0.2, 0.25) is 0 Å². The second-order valence-corrected chi connectivity index (χ2v) is 4.85. The number of hydrogen-bond acceptors (Lipinski definition) is 3. The third kappa shape index (κ3) is 2.09. The number of cyclic esters (lactones) is 1. The standard InChI is InChI=1S/C6H10IO3/c1-7-5-2-4(8)3-6(9)10-5/h4-5,8H,2-3H2,1H3/q-1/t4-,5?/m1/s1. The molecule has 0 bridgehead atoms. The number of carbonyl (C=O) groups excluding carboxylic acids is 1. The molecular weight excluding hydrogens is 247 g/mol. The summed E-state index contributed by atoms with van der Waals surface area (Å²) in [5, 5.41) is 9.10. The molecular formula is C6H10IO3-. The van der Waals surface area contributed by atoms with Crippen molar-refractivity contribution in [3.63, 3.8) is 0 Å². The molecule has 60 valence electrons. The Kier molecular flexibility index (Phi) is 2.91. The first-order chi connectivity index (χ1) is 4.72. The van der Waals surface area contributed by atoms with Crippen molar-refractivity contribution in [2.45, 2.75) is 23.1 Å². The molecule has 0 aromatic rings. The van der Waals surface area contributed by atoms with Crippen LogP contribution < -0.4 is 21.2 Å². The molecule has 4 heteroatoms. The van der Waals surface area contributed by atoms with Crippen molar-refractivity contribution >= 4 is 5.97 Å². The Hall–Kier alpha value is 0.160. The Labute approximate surface area is 70.0 Å². The maximum absolute atomic E-state index is 10.7. The van der Waals surface area contributed by atoms with Crippen molar-refractivity contribution in [3.8, 4) is 0 Å². The van der Waals surface area contributed by atoms with Crippen LogP contribution in [0.2, 0.25) is 0 Å². The first-order valence-corrected chi connectivity index (χ1v) is 6.48. The van der Waals surface area contributed by atoms with Gasteiger partial charge >= 0.3 is 69.8 Å². The quantitative estimate of drug-likeness (QED) is 0.304. The van der Waals surface area contributed by atoms with Crippen LogP contribution in [0.1, 0.15) is 12.8 Å². The zero-order valence-corrected chi connectivity index (χ0v) is 7.87. The zero-order valence-electron chi connectivity index (χ0n) is 5.71. The average molecular weight is 257 g/mol. The number of esters is 1. The van der Waals surface area contributed by atoms with Crippen molar-refractivity contribution in [2.75, 3.05) is 4.93 Å². The summed E-state index contributed by atoms with van der Waals surface area (Å²) in [4.78, 5) is 12.7. The van der Waals surface area contributed by atoms with Crippen molar-refractivity contribution < 1.29 is 35.8 Å². The first kappa shape index (κ1) is 8.26. The van der Waals surface area contributed by atoms with Gasteiger partial charge in [-0.15, -0.1) is 0 Å². The van der Waals surface area contributed by atoms with E-state index in [9.17, 15) is 4.79 Å². The van der Waals surface area contributed by atoms with Crippen molar-refractivity contribution in [3.05, 3.63) is 0 Å². The molecule has 0 aromatic carbocycles. The number of carbonyl (C=O) groups is 1. The predicted molar refractivity (Wildman–Crippen MR) is 31.0 cm³/mol. The third-order valence-electron chi connectivity index (χ3n) is 1.36. The molecule has 0 aromatic heterocycles. The van der Waals surface area contributed by atoms with Crippen LogP contribution >= 0.6 is 0 Å². The molecule has 10 heavy (non-hydrogen) atoms. The molecule has 0 radical (unpaired) electrons. The first-order valence-electron chi connectivity index (χ1n) is 3.08. The van der Waals surface area contributed by atoms with E-state index < -0.39 is 6.10 Å². The SMILES string of the molecule is C[I-]C1C[C@@H](O)CC(=O)O1. The Bertz CT molecular complexity index is 137. The monoisotopic (exact) mass is 257 g/mol. The normalized spacial score (nSPS) is 34.0. The Morgan fingerprint density at radius 2 is 2.50 bits per heavy atom. The van der Waals surface area contributed by atoms with Crippen LogP contribution in [0, 0.1) is 0 Å². The summed E-state index contributed by atoms with van der Waals surface area (Å²) in [6, 6.07) is 0. The Morgan fingerprint density at radius 1 is 1.80 bits per heavy atom. The molecule has 0 aliphatic carbocycles. The fourth-order valence-corrected chi connectivity index (χ4v) is 2.50. The fraction of sp³-hybridized carbons (Fsp3) is 0.833. The number of hydrogen-bond donors (Lipinski definition) is 1. The van der Waals surface area contributed by atoms with Crippen LogP contribution in [0.15, 0.2) is 0 Å². The Balaban J connectivity index is 2.42. The molecule has 1 rings (SSSR count). The van der Waals surface area contributed by atoms with Gasteiger partial charge < -0.3 is 0 Å². The van der Waals surface area contributed by atoms with Gasteiger partial charge in [0.1, 0.15) is 0 Å². The van der Waals surface area contributed by atoms with Crippen LogP contribution in [-0.2, 0) is 9.53 Å². The third-order valence-corrected chi connectivity index (χ3v) is 3.51. The second kappa shape index (κ2) is 3.52. The molecule has 2 atom stereocenters. The van der Waals surface area contributed by atoms with Gasteiger partial charge in [-0.05, 0) is 0 Å². The molecule has 0 amide bonds. The maximum atomic E-state index is 10.7. The van der Waals surface area contributed by atoms with E-state index in [0.717, 1.165) is 0 Å². The molecule has 0 saturated carbocycles. The van der Waals surface area contributed by atoms with Crippen LogP contribution in [0.5, 0.6) is 0 Å². The molecule has 3 nitrogen and oxygen atoms in total. The average Bonchev–Trinajstić information content (AvgIpc) is 1.85. The van der Waals surface area contributed by atoms with Crippen LogP contribution in [0.25, 0.3) is 0 Å². The molecule has 1 fully saturated rings. The molecule has 1 aliphatic rings. The van der Waals surface area contributed by atoms with E-state index in [0.29, 0.717) is 6.42 Å². The minimum absolute atomic E-state index is 0.0510. The summed E-state index contributed by atoms with van der Waals surface area (Å²) in [5.74, 6) is -0.245. The number of halogens is 1. The van der Waals surface area contributed by atoms with Gasteiger partial charge in [0.05, 0.1) is 0 Å². The van der Waals surface area contributed by atoms with Crippen molar-refractivity contribution in [1.29, 1.82) is 0 Å². The van der Waals surface area contributed by atoms with Gasteiger partial charge in [-0.25, -0.2) is 0 Å². The summed E-state index contributed by atoms with van der Waals surface area (Å²) in [7, 11) is 0. The summed E-state index contributed by atoms with van der Waals surface area (Å²) in [6.45, 7) is 0. The number of aliphatic hydroxyl groups is 1. The van der Waals surface area contributed by atoms with E-state index in [-0.39, 0.29) is 37.7 Å². The van der Waals surface area contributed by atoms with Gasteiger partial charge in [-0.2, -0.15) is 0 Å². The van der Waals surface area contributed by atoms with Gasteiger partial charge in [-0.1, -0.05) is 0 Å². The summed E-state index contributed by atoms with van der Waals surface area (Å²) in [5.41, 5.74) is 0. The van der Waals surface area contributed by atoms with E-state index in [1.165, 1.54) is 0 Å². The van der Waals surface area contributed by atoms with Gasteiger partial charge in [-0.3, -0.25) is 0 Å². The van der Waals surface area contributed by atoms with Gasteiger partial charge in [0, 0.05) is 0 Å². The summed E-state index contributed by atoms with van der Waals surface area (Å²) < 4.78 is 5.01. The summed E-state index contributed by atoms with van der Waals surface area (Å²) >= 11 is -0.0711. The molecule has 1 heterocycles. The van der Waals surface area contributed by atoms with E-state index in [4.69, 9.17) is 9.84 Å². The molecule has 1 unspecified atom stereocenters. The van der Waals surface area contributed by atoms with Crippen LogP contribution in [0.3, 0.4) is 0 Å². The van der Waals surface area contributed by atoms with Gasteiger partial charge in [0.15, 0.2) is 0 Å². The zero-order chi connectivity index (χ0) is 7.56. The number of alkyl halides is 2. The van der Waals surface area contributed by atoms with Gasteiger partial charge in [0.25, 0.3) is 0 Å². The molecule has 1 N–H and O–H groups in total.